The molecule has 108 valence electrons. The quantitative estimate of drug-likeness (QED) is 0.889. The first-order chi connectivity index (χ1) is 9.52. The molecule has 20 heavy (non-hydrogen) atoms. The molecule has 2 rings (SSSR count). The van der Waals surface area contributed by atoms with Crippen LogP contribution in [0, 0.1) is 0 Å². The van der Waals surface area contributed by atoms with Gasteiger partial charge in [0.15, 0.2) is 0 Å². The second kappa shape index (κ2) is 5.94. The second-order valence-corrected chi connectivity index (χ2v) is 5.27. The lowest BCUT2D eigenvalue weighted by atomic mass is 10.1. The van der Waals surface area contributed by atoms with Crippen molar-refractivity contribution in [1.82, 2.24) is 4.90 Å². The highest BCUT2D eigenvalue weighted by Gasteiger charge is 2.33. The van der Waals surface area contributed by atoms with Gasteiger partial charge in [0.1, 0.15) is 0 Å². The molecule has 1 aromatic carbocycles. The van der Waals surface area contributed by atoms with Gasteiger partial charge in [-0.15, -0.1) is 0 Å². The van der Waals surface area contributed by atoms with Gasteiger partial charge in [-0.3, -0.25) is 4.79 Å². The van der Waals surface area contributed by atoms with Crippen molar-refractivity contribution in [2.45, 2.75) is 45.2 Å². The molecular weight excluding hydrogens is 254 g/mol. The van der Waals surface area contributed by atoms with E-state index in [-0.39, 0.29) is 12.1 Å². The number of primary amides is 1. The van der Waals surface area contributed by atoms with Crippen LogP contribution in [-0.4, -0.2) is 28.9 Å². The highest BCUT2D eigenvalue weighted by Crippen LogP contribution is 2.26. The molecule has 0 aliphatic carbocycles. The van der Waals surface area contributed by atoms with Gasteiger partial charge < -0.3 is 16.0 Å². The lowest BCUT2D eigenvalue weighted by molar-refractivity contribution is 0.1000. The monoisotopic (exact) mass is 275 g/mol. The number of anilines is 1. The van der Waals surface area contributed by atoms with E-state index >= 15 is 0 Å². The molecule has 2 atom stereocenters. The Kier molecular flexibility index (Phi) is 4.27. The minimum Gasteiger partial charge on any atom is -0.366 e. The van der Waals surface area contributed by atoms with E-state index in [1.807, 2.05) is 4.90 Å². The summed E-state index contributed by atoms with van der Waals surface area (Å²) >= 11 is 0. The van der Waals surface area contributed by atoms with E-state index < -0.39 is 5.91 Å². The van der Waals surface area contributed by atoms with Crippen LogP contribution < -0.4 is 11.1 Å². The number of rotatable bonds is 3. The van der Waals surface area contributed by atoms with E-state index in [0.29, 0.717) is 17.3 Å². The molecule has 1 saturated heterocycles. The summed E-state index contributed by atoms with van der Waals surface area (Å²) in [4.78, 5) is 25.4. The zero-order valence-corrected chi connectivity index (χ0v) is 11.9. The van der Waals surface area contributed by atoms with Crippen molar-refractivity contribution in [2.24, 2.45) is 5.73 Å². The number of nitrogens with zero attached hydrogens (tertiary/aromatic N) is 1. The molecule has 3 N–H and O–H groups in total. The molecule has 0 unspecified atom stereocenters. The van der Waals surface area contributed by atoms with Crippen LogP contribution in [0.5, 0.6) is 0 Å². The summed E-state index contributed by atoms with van der Waals surface area (Å²) in [6.07, 6.45) is 3.04. The summed E-state index contributed by atoms with van der Waals surface area (Å²) < 4.78 is 0. The van der Waals surface area contributed by atoms with Crippen molar-refractivity contribution in [3.63, 3.8) is 0 Å². The van der Waals surface area contributed by atoms with Crippen molar-refractivity contribution in [2.75, 3.05) is 5.32 Å². The van der Waals surface area contributed by atoms with E-state index in [2.05, 4.69) is 19.2 Å². The number of benzene rings is 1. The Morgan fingerprint density at radius 1 is 1.40 bits per heavy atom. The van der Waals surface area contributed by atoms with E-state index in [0.717, 1.165) is 19.3 Å². The van der Waals surface area contributed by atoms with Crippen molar-refractivity contribution in [3.05, 3.63) is 29.8 Å². The number of carbonyl (C=O) groups excluding carboxylic acids is 2. The maximum Gasteiger partial charge on any atom is 0.322 e. The largest absolute Gasteiger partial charge is 0.366 e. The van der Waals surface area contributed by atoms with Gasteiger partial charge >= 0.3 is 6.03 Å². The lowest BCUT2D eigenvalue weighted by Crippen LogP contribution is -2.42. The molecule has 0 saturated carbocycles. The fraction of sp³-hybridized carbons (Fsp3) is 0.467. The van der Waals surface area contributed by atoms with Gasteiger partial charge in [0.2, 0.25) is 5.91 Å². The van der Waals surface area contributed by atoms with Gasteiger partial charge in [-0.05, 0) is 44.4 Å². The van der Waals surface area contributed by atoms with Crippen molar-refractivity contribution >= 4 is 17.6 Å². The van der Waals surface area contributed by atoms with Gasteiger partial charge in [-0.2, -0.15) is 0 Å². The Labute approximate surface area is 119 Å². The number of urea groups is 1. The summed E-state index contributed by atoms with van der Waals surface area (Å²) in [5.41, 5.74) is 6.23. The first-order valence-corrected chi connectivity index (χ1v) is 7.02. The second-order valence-electron chi connectivity index (χ2n) is 5.27. The Bertz CT molecular complexity index is 516. The van der Waals surface area contributed by atoms with Gasteiger partial charge in [-0.1, -0.05) is 13.0 Å². The summed E-state index contributed by atoms with van der Waals surface area (Å²) in [5.74, 6) is -0.498. The fourth-order valence-corrected chi connectivity index (χ4v) is 2.78. The van der Waals surface area contributed by atoms with Crippen LogP contribution in [0.25, 0.3) is 0 Å². The van der Waals surface area contributed by atoms with Crippen LogP contribution in [0.3, 0.4) is 0 Å². The molecule has 5 nitrogen and oxygen atoms in total. The number of hydrogen-bond acceptors (Lipinski definition) is 2. The van der Waals surface area contributed by atoms with E-state index in [4.69, 9.17) is 5.73 Å². The van der Waals surface area contributed by atoms with Crippen LogP contribution in [0.1, 0.15) is 43.5 Å². The summed E-state index contributed by atoms with van der Waals surface area (Å²) in [6.45, 7) is 4.16. The molecule has 0 radical (unpaired) electrons. The molecule has 0 aromatic heterocycles. The number of likely N-dealkylation sites (tertiary alicyclic amines) is 1. The lowest BCUT2D eigenvalue weighted by Gasteiger charge is -2.28. The van der Waals surface area contributed by atoms with Crippen molar-refractivity contribution in [1.29, 1.82) is 0 Å². The first-order valence-electron chi connectivity index (χ1n) is 7.02. The molecule has 0 spiro atoms. The summed E-state index contributed by atoms with van der Waals surface area (Å²) in [6, 6.07) is 7.13. The van der Waals surface area contributed by atoms with Crippen LogP contribution in [-0.2, 0) is 0 Å². The number of nitrogens with two attached hydrogens (primary N) is 1. The average molecular weight is 275 g/mol. The zero-order valence-electron chi connectivity index (χ0n) is 11.9. The average Bonchev–Trinajstić information content (AvgIpc) is 2.80. The highest BCUT2D eigenvalue weighted by molar-refractivity contribution is 5.96. The van der Waals surface area contributed by atoms with Crippen LogP contribution in [0.2, 0.25) is 0 Å². The van der Waals surface area contributed by atoms with E-state index in [9.17, 15) is 9.59 Å². The Morgan fingerprint density at radius 3 is 2.80 bits per heavy atom. The maximum absolute atomic E-state index is 12.4. The Morgan fingerprint density at radius 2 is 2.15 bits per heavy atom. The van der Waals surface area contributed by atoms with Crippen LogP contribution in [0.15, 0.2) is 24.3 Å². The van der Waals surface area contributed by atoms with Gasteiger partial charge in [0, 0.05) is 23.3 Å². The third-order valence-corrected chi connectivity index (χ3v) is 3.89. The molecule has 1 aliphatic heterocycles. The Balaban J connectivity index is 2.11. The van der Waals surface area contributed by atoms with Gasteiger partial charge in [-0.25, -0.2) is 4.79 Å². The number of carbonyl (C=O) groups is 2. The minimum absolute atomic E-state index is 0.108. The predicted molar refractivity (Wildman–Crippen MR) is 78.6 cm³/mol. The predicted octanol–water partition coefficient (Wildman–Crippen LogP) is 2.58. The van der Waals surface area contributed by atoms with Crippen LogP contribution in [0.4, 0.5) is 10.5 Å². The van der Waals surface area contributed by atoms with Gasteiger partial charge in [0.25, 0.3) is 0 Å². The fourth-order valence-electron chi connectivity index (χ4n) is 2.78. The summed E-state index contributed by atoms with van der Waals surface area (Å²) in [5, 5.41) is 2.85. The number of nitrogens with one attached hydrogen (secondary N) is 1. The molecule has 1 fully saturated rings. The maximum atomic E-state index is 12.4. The number of hydrogen-bond donors (Lipinski definition) is 2. The number of amides is 3. The van der Waals surface area contributed by atoms with E-state index in [1.54, 1.807) is 24.3 Å². The summed E-state index contributed by atoms with van der Waals surface area (Å²) in [7, 11) is 0. The molecule has 0 bridgehead atoms. The van der Waals surface area contributed by atoms with Gasteiger partial charge in [0.05, 0.1) is 0 Å². The third-order valence-electron chi connectivity index (χ3n) is 3.89. The Hall–Kier alpha value is -2.04. The minimum atomic E-state index is -0.498. The van der Waals surface area contributed by atoms with E-state index in [1.165, 1.54) is 0 Å². The molecule has 3 amide bonds. The zero-order chi connectivity index (χ0) is 14.7. The molecule has 1 aromatic rings. The standard InChI is InChI=1S/C15H21N3O2/c1-3-13-8-7-10(2)18(13)15(20)17-12-6-4-5-11(9-12)14(16)19/h4-6,9-10,13H,3,7-8H2,1-2H3,(H2,16,19)(H,17,20)/t10-,13-/m0/s1. The SMILES string of the molecule is CC[C@H]1CC[C@H](C)N1C(=O)Nc1cccc(C(N)=O)c1. The van der Waals surface area contributed by atoms with Crippen molar-refractivity contribution in [3.8, 4) is 0 Å². The smallest absolute Gasteiger partial charge is 0.322 e. The first kappa shape index (κ1) is 14.4. The molecule has 5 heteroatoms. The topological polar surface area (TPSA) is 75.4 Å². The van der Waals surface area contributed by atoms with Crippen LogP contribution >= 0.6 is 0 Å². The molecule has 1 aliphatic rings. The van der Waals surface area contributed by atoms with Crippen molar-refractivity contribution < 1.29 is 9.59 Å². The molecular formula is C15H21N3O2. The normalized spacial score (nSPS) is 21.8. The highest BCUT2D eigenvalue weighted by atomic mass is 16.2. The molecule has 1 heterocycles. The third kappa shape index (κ3) is 2.92.